The Labute approximate surface area is 144 Å². The lowest BCUT2D eigenvalue weighted by Gasteiger charge is -2.19. The topological polar surface area (TPSA) is 18.5 Å². The van der Waals surface area contributed by atoms with E-state index in [0.29, 0.717) is 32.1 Å². The lowest BCUT2D eigenvalue weighted by molar-refractivity contribution is 0.400. The molecule has 6 heteroatoms. The Morgan fingerprint density at radius 1 is 1.19 bits per heavy atom. The van der Waals surface area contributed by atoms with Crippen LogP contribution in [0.2, 0.25) is 5.02 Å². The third-order valence-corrected chi connectivity index (χ3v) is 4.76. The van der Waals surface area contributed by atoms with Crippen LogP contribution in [0.1, 0.15) is 16.0 Å². The Morgan fingerprint density at radius 2 is 1.90 bits per heavy atom. The molecule has 0 aliphatic rings. The number of alkyl halides is 1. The summed E-state index contributed by atoms with van der Waals surface area (Å²) in [6, 6.07) is 8.15. The number of methoxy groups -OCH3 is 2. The van der Waals surface area contributed by atoms with Crippen molar-refractivity contribution >= 4 is 43.5 Å². The maximum absolute atomic E-state index is 14.2. The molecule has 0 amide bonds. The zero-order valence-electron chi connectivity index (χ0n) is 11.3. The molecule has 0 radical (unpaired) electrons. The second-order valence-corrected chi connectivity index (χ2v) is 6.43. The standard InChI is InChI=1S/C15H12Br2ClFO2/c1-20-12-5-3-4-11(19)13(12)14(17)9-6-8(18)7-10(16)15(9)21-2/h3-7,14H,1-2H3. The zero-order chi connectivity index (χ0) is 15.6. The van der Waals surface area contributed by atoms with Gasteiger partial charge in [0.1, 0.15) is 17.3 Å². The number of hydrogen-bond donors (Lipinski definition) is 0. The van der Waals surface area contributed by atoms with Crippen LogP contribution in [-0.2, 0) is 0 Å². The summed E-state index contributed by atoms with van der Waals surface area (Å²) in [6.45, 7) is 0. The molecule has 112 valence electrons. The Kier molecular flexibility index (Phi) is 5.52. The SMILES string of the molecule is COc1cccc(F)c1C(Br)c1cc(Cl)cc(Br)c1OC. The van der Waals surface area contributed by atoms with Crippen LogP contribution in [0.25, 0.3) is 0 Å². The van der Waals surface area contributed by atoms with Gasteiger partial charge in [0, 0.05) is 16.1 Å². The highest BCUT2D eigenvalue weighted by Gasteiger charge is 2.24. The molecular weight excluding hydrogens is 426 g/mol. The van der Waals surface area contributed by atoms with Crippen molar-refractivity contribution in [2.45, 2.75) is 4.83 Å². The number of ether oxygens (including phenoxy) is 2. The lowest BCUT2D eigenvalue weighted by atomic mass is 10.0. The highest BCUT2D eigenvalue weighted by molar-refractivity contribution is 9.10. The van der Waals surface area contributed by atoms with Gasteiger partial charge in [-0.2, -0.15) is 0 Å². The summed E-state index contributed by atoms with van der Waals surface area (Å²) in [5.74, 6) is 0.677. The molecule has 0 heterocycles. The van der Waals surface area contributed by atoms with Gasteiger partial charge in [0.25, 0.3) is 0 Å². The highest BCUT2D eigenvalue weighted by Crippen LogP contribution is 2.45. The predicted octanol–water partition coefficient (Wildman–Crippen LogP) is 5.74. The Balaban J connectivity index is 2.63. The van der Waals surface area contributed by atoms with E-state index in [0.717, 1.165) is 0 Å². The molecule has 0 bridgehead atoms. The molecule has 0 aliphatic carbocycles. The van der Waals surface area contributed by atoms with Crippen LogP contribution in [0.15, 0.2) is 34.8 Å². The minimum absolute atomic E-state index is 0.366. The first-order chi connectivity index (χ1) is 9.99. The first kappa shape index (κ1) is 16.6. The van der Waals surface area contributed by atoms with Gasteiger partial charge in [-0.05, 0) is 40.2 Å². The van der Waals surface area contributed by atoms with Crippen molar-refractivity contribution in [3.05, 3.63) is 56.8 Å². The molecule has 2 aromatic carbocycles. The van der Waals surface area contributed by atoms with Crippen LogP contribution in [-0.4, -0.2) is 14.2 Å². The molecule has 0 N–H and O–H groups in total. The summed E-state index contributed by atoms with van der Waals surface area (Å²) in [5, 5.41) is 0.525. The van der Waals surface area contributed by atoms with Crippen molar-refractivity contribution in [3.8, 4) is 11.5 Å². The highest BCUT2D eigenvalue weighted by atomic mass is 79.9. The Morgan fingerprint density at radius 3 is 2.52 bits per heavy atom. The molecule has 1 atom stereocenters. The molecule has 0 aliphatic heterocycles. The fraction of sp³-hybridized carbons (Fsp3) is 0.200. The lowest BCUT2D eigenvalue weighted by Crippen LogP contribution is -2.03. The van der Waals surface area contributed by atoms with E-state index in [1.165, 1.54) is 13.2 Å². The van der Waals surface area contributed by atoms with Gasteiger partial charge in [0.15, 0.2) is 0 Å². The van der Waals surface area contributed by atoms with Crippen LogP contribution in [0.4, 0.5) is 4.39 Å². The first-order valence-electron chi connectivity index (χ1n) is 5.99. The Hall–Kier alpha value is -0.780. The summed E-state index contributed by atoms with van der Waals surface area (Å²) in [4.78, 5) is -0.460. The number of halogens is 4. The van der Waals surface area contributed by atoms with E-state index < -0.39 is 4.83 Å². The van der Waals surface area contributed by atoms with Gasteiger partial charge in [-0.3, -0.25) is 0 Å². The number of rotatable bonds is 4. The van der Waals surface area contributed by atoms with E-state index >= 15 is 0 Å². The normalized spacial score (nSPS) is 12.1. The van der Waals surface area contributed by atoms with E-state index in [1.54, 1.807) is 31.4 Å². The van der Waals surface area contributed by atoms with E-state index in [2.05, 4.69) is 31.9 Å². The van der Waals surface area contributed by atoms with Gasteiger partial charge in [-0.15, -0.1) is 0 Å². The molecule has 2 aromatic rings. The van der Waals surface area contributed by atoms with Crippen molar-refractivity contribution in [2.24, 2.45) is 0 Å². The van der Waals surface area contributed by atoms with Crippen LogP contribution in [0, 0.1) is 5.82 Å². The van der Waals surface area contributed by atoms with Gasteiger partial charge < -0.3 is 9.47 Å². The molecule has 0 saturated carbocycles. The van der Waals surface area contributed by atoms with E-state index in [-0.39, 0.29) is 5.82 Å². The average molecular weight is 439 g/mol. The largest absolute Gasteiger partial charge is 0.496 e. The fourth-order valence-corrected chi connectivity index (χ4v) is 3.86. The zero-order valence-corrected chi connectivity index (χ0v) is 15.2. The van der Waals surface area contributed by atoms with Crippen molar-refractivity contribution in [1.82, 2.24) is 0 Å². The predicted molar refractivity (Wildman–Crippen MR) is 89.4 cm³/mol. The smallest absolute Gasteiger partial charge is 0.137 e. The van der Waals surface area contributed by atoms with Gasteiger partial charge in [0.2, 0.25) is 0 Å². The second kappa shape index (κ2) is 6.99. The van der Waals surface area contributed by atoms with Crippen LogP contribution in [0.5, 0.6) is 11.5 Å². The van der Waals surface area contributed by atoms with Gasteiger partial charge in [-0.1, -0.05) is 33.6 Å². The van der Waals surface area contributed by atoms with Gasteiger partial charge >= 0.3 is 0 Å². The molecule has 0 saturated heterocycles. The summed E-state index contributed by atoms with van der Waals surface area (Å²) in [7, 11) is 3.05. The van der Waals surface area contributed by atoms with E-state index in [1.807, 2.05) is 0 Å². The van der Waals surface area contributed by atoms with Crippen molar-refractivity contribution in [1.29, 1.82) is 0 Å². The van der Waals surface area contributed by atoms with Gasteiger partial charge in [0.05, 0.1) is 23.5 Å². The molecule has 0 fully saturated rings. The minimum atomic E-state index is -0.460. The van der Waals surface area contributed by atoms with E-state index in [9.17, 15) is 4.39 Å². The quantitative estimate of drug-likeness (QED) is 0.567. The molecule has 1 unspecified atom stereocenters. The van der Waals surface area contributed by atoms with Gasteiger partial charge in [-0.25, -0.2) is 4.39 Å². The monoisotopic (exact) mass is 436 g/mol. The first-order valence-corrected chi connectivity index (χ1v) is 8.07. The summed E-state index contributed by atoms with van der Waals surface area (Å²) in [6.07, 6.45) is 0. The fourth-order valence-electron chi connectivity index (χ4n) is 2.08. The number of hydrogen-bond acceptors (Lipinski definition) is 2. The molecule has 0 aromatic heterocycles. The average Bonchev–Trinajstić information content (AvgIpc) is 2.45. The molecular formula is C15H12Br2ClFO2. The van der Waals surface area contributed by atoms with Crippen LogP contribution >= 0.6 is 43.5 Å². The minimum Gasteiger partial charge on any atom is -0.496 e. The second-order valence-electron chi connectivity index (χ2n) is 4.23. The van der Waals surface area contributed by atoms with Crippen molar-refractivity contribution in [3.63, 3.8) is 0 Å². The molecule has 0 spiro atoms. The van der Waals surface area contributed by atoms with Crippen molar-refractivity contribution in [2.75, 3.05) is 14.2 Å². The van der Waals surface area contributed by atoms with Crippen LogP contribution < -0.4 is 9.47 Å². The number of benzene rings is 2. The Bertz CT molecular complexity index is 664. The molecule has 2 rings (SSSR count). The maximum atomic E-state index is 14.2. The van der Waals surface area contributed by atoms with Crippen molar-refractivity contribution < 1.29 is 13.9 Å². The summed E-state index contributed by atoms with van der Waals surface area (Å²) in [5.41, 5.74) is 1.10. The third kappa shape index (κ3) is 3.35. The van der Waals surface area contributed by atoms with E-state index in [4.69, 9.17) is 21.1 Å². The summed E-state index contributed by atoms with van der Waals surface area (Å²) >= 11 is 13.0. The third-order valence-electron chi connectivity index (χ3n) is 3.00. The summed E-state index contributed by atoms with van der Waals surface area (Å²) < 4.78 is 25.6. The molecule has 2 nitrogen and oxygen atoms in total. The maximum Gasteiger partial charge on any atom is 0.137 e. The molecule has 21 heavy (non-hydrogen) atoms. The van der Waals surface area contributed by atoms with Crippen LogP contribution in [0.3, 0.4) is 0 Å².